The first-order chi connectivity index (χ1) is 7.22. The Morgan fingerprint density at radius 2 is 2.33 bits per heavy atom. The Morgan fingerprint density at radius 1 is 1.53 bits per heavy atom. The van der Waals surface area contributed by atoms with Crippen molar-refractivity contribution < 1.29 is 9.21 Å². The van der Waals surface area contributed by atoms with E-state index >= 15 is 0 Å². The lowest BCUT2D eigenvalue weighted by molar-refractivity contribution is 0.0998. The molecule has 0 bridgehead atoms. The Labute approximate surface area is 95.0 Å². The Bertz CT molecular complexity index is 487. The molecule has 0 amide bonds. The molecule has 0 radical (unpaired) electrons. The molecule has 0 unspecified atom stereocenters. The molecule has 0 aliphatic carbocycles. The van der Waals surface area contributed by atoms with E-state index < -0.39 is 0 Å². The highest BCUT2D eigenvalue weighted by atomic mass is 79.9. The molecule has 0 fully saturated rings. The van der Waals surface area contributed by atoms with Crippen LogP contribution in [-0.2, 0) is 6.54 Å². The lowest BCUT2D eigenvalue weighted by Gasteiger charge is -2.00. The molecule has 0 saturated carbocycles. The van der Waals surface area contributed by atoms with Crippen LogP contribution in [0.25, 0.3) is 0 Å². The monoisotopic (exact) mass is 268 g/mol. The largest absolute Gasteiger partial charge is 0.446 e. The van der Waals surface area contributed by atoms with Crippen molar-refractivity contribution in [1.29, 1.82) is 0 Å². The van der Waals surface area contributed by atoms with Gasteiger partial charge in [0.25, 0.3) is 0 Å². The number of furan rings is 1. The van der Waals surface area contributed by atoms with E-state index in [-0.39, 0.29) is 5.78 Å². The molecular formula is C10H9BrN2O2. The highest BCUT2D eigenvalue weighted by Crippen LogP contribution is 2.17. The van der Waals surface area contributed by atoms with Crippen LogP contribution in [0.2, 0.25) is 0 Å². The third-order valence-corrected chi connectivity index (χ3v) is 2.47. The second-order valence-electron chi connectivity index (χ2n) is 2.97. The molecule has 0 N–H and O–H groups in total. The van der Waals surface area contributed by atoms with Crippen LogP contribution in [0.4, 0.5) is 0 Å². The molecule has 2 aromatic heterocycles. The average molecular weight is 269 g/mol. The summed E-state index contributed by atoms with van der Waals surface area (Å²) in [6.07, 6.45) is 1.61. The first-order valence-electron chi connectivity index (χ1n) is 4.54. The van der Waals surface area contributed by atoms with Crippen LogP contribution in [0.3, 0.4) is 0 Å². The number of nitrogens with zero attached hydrogens (tertiary/aromatic N) is 2. The van der Waals surface area contributed by atoms with E-state index in [1.165, 1.54) is 0 Å². The van der Waals surface area contributed by atoms with Crippen LogP contribution in [0.5, 0.6) is 0 Å². The van der Waals surface area contributed by atoms with Crippen molar-refractivity contribution in [2.75, 3.05) is 0 Å². The summed E-state index contributed by atoms with van der Waals surface area (Å²) < 4.78 is 7.38. The van der Waals surface area contributed by atoms with Crippen LogP contribution >= 0.6 is 15.9 Å². The number of halogens is 1. The van der Waals surface area contributed by atoms with Crippen LogP contribution < -0.4 is 0 Å². The minimum absolute atomic E-state index is 0.153. The highest BCUT2D eigenvalue weighted by Gasteiger charge is 2.16. The fourth-order valence-corrected chi connectivity index (χ4v) is 1.65. The topological polar surface area (TPSA) is 48.0 Å². The molecule has 2 rings (SSSR count). The number of ketones is 1. The quantitative estimate of drug-likeness (QED) is 0.804. The molecule has 0 aliphatic heterocycles. The van der Waals surface area contributed by atoms with Gasteiger partial charge in [-0.2, -0.15) is 5.10 Å². The van der Waals surface area contributed by atoms with Crippen molar-refractivity contribution in [1.82, 2.24) is 9.78 Å². The number of carbonyl (C=O) groups is 1. The summed E-state index contributed by atoms with van der Waals surface area (Å²) in [5.74, 6) is 0.164. The number of rotatable bonds is 3. The van der Waals surface area contributed by atoms with Gasteiger partial charge < -0.3 is 4.42 Å². The smallest absolute Gasteiger partial charge is 0.246 e. The molecular weight excluding hydrogens is 260 g/mol. The summed E-state index contributed by atoms with van der Waals surface area (Å²) in [7, 11) is 0. The molecule has 0 aliphatic rings. The molecule has 78 valence electrons. The molecule has 0 aromatic carbocycles. The predicted molar refractivity (Wildman–Crippen MR) is 57.7 cm³/mol. The summed E-state index contributed by atoms with van der Waals surface area (Å²) in [4.78, 5) is 11.9. The number of hydrogen-bond acceptors (Lipinski definition) is 3. The van der Waals surface area contributed by atoms with Crippen LogP contribution in [-0.4, -0.2) is 15.6 Å². The normalized spacial score (nSPS) is 10.5. The van der Waals surface area contributed by atoms with Crippen molar-refractivity contribution >= 4 is 21.7 Å². The molecule has 0 spiro atoms. The van der Waals surface area contributed by atoms with E-state index in [1.807, 2.05) is 6.92 Å². The van der Waals surface area contributed by atoms with E-state index in [0.717, 1.165) is 0 Å². The number of carbonyl (C=O) groups excluding carboxylic acids is 1. The van der Waals surface area contributed by atoms with Gasteiger partial charge in [-0.15, -0.1) is 0 Å². The Balaban J connectivity index is 2.36. The van der Waals surface area contributed by atoms with Gasteiger partial charge in [-0.25, -0.2) is 0 Å². The zero-order chi connectivity index (χ0) is 10.8. The van der Waals surface area contributed by atoms with Crippen LogP contribution in [0.1, 0.15) is 23.2 Å². The second kappa shape index (κ2) is 4.02. The van der Waals surface area contributed by atoms with Gasteiger partial charge in [0.15, 0.2) is 10.4 Å². The lowest BCUT2D eigenvalue weighted by Crippen LogP contribution is -2.09. The number of aromatic nitrogens is 2. The molecule has 15 heavy (non-hydrogen) atoms. The SMILES string of the molecule is CCn1nccc1C(=O)c1ccc(Br)o1. The van der Waals surface area contributed by atoms with E-state index in [2.05, 4.69) is 21.0 Å². The number of hydrogen-bond donors (Lipinski definition) is 0. The Kier molecular flexibility index (Phi) is 2.73. The standard InChI is InChI=1S/C10H9BrN2O2/c1-2-13-7(5-6-12-13)10(14)8-3-4-9(11)15-8/h3-6H,2H2,1H3. The number of aryl methyl sites for hydroxylation is 1. The van der Waals surface area contributed by atoms with Gasteiger partial charge in [-0.1, -0.05) is 0 Å². The maximum atomic E-state index is 11.9. The maximum absolute atomic E-state index is 11.9. The summed E-state index contributed by atoms with van der Waals surface area (Å²) >= 11 is 3.16. The zero-order valence-electron chi connectivity index (χ0n) is 8.11. The molecule has 4 nitrogen and oxygen atoms in total. The van der Waals surface area contributed by atoms with Crippen molar-refractivity contribution in [2.24, 2.45) is 0 Å². The molecule has 0 saturated heterocycles. The van der Waals surface area contributed by atoms with Gasteiger partial charge in [0.05, 0.1) is 0 Å². The van der Waals surface area contributed by atoms with E-state index in [0.29, 0.717) is 22.7 Å². The fourth-order valence-electron chi connectivity index (χ4n) is 1.34. The summed E-state index contributed by atoms with van der Waals surface area (Å²) in [5.41, 5.74) is 0.541. The molecule has 2 aromatic rings. The summed E-state index contributed by atoms with van der Waals surface area (Å²) in [5, 5.41) is 4.03. The Hall–Kier alpha value is -1.36. The van der Waals surface area contributed by atoms with Crippen molar-refractivity contribution in [2.45, 2.75) is 13.5 Å². The summed E-state index contributed by atoms with van der Waals surface area (Å²) in [6, 6.07) is 5.02. The maximum Gasteiger partial charge on any atom is 0.246 e. The van der Waals surface area contributed by atoms with E-state index in [4.69, 9.17) is 4.42 Å². The minimum Gasteiger partial charge on any atom is -0.446 e. The van der Waals surface area contributed by atoms with Gasteiger partial charge in [0.2, 0.25) is 5.78 Å². The minimum atomic E-state index is -0.153. The summed E-state index contributed by atoms with van der Waals surface area (Å²) in [6.45, 7) is 2.60. The molecule has 2 heterocycles. The van der Waals surface area contributed by atoms with E-state index in [1.54, 1.807) is 29.1 Å². The van der Waals surface area contributed by atoms with Crippen LogP contribution in [0, 0.1) is 0 Å². The van der Waals surface area contributed by atoms with Crippen LogP contribution in [0.15, 0.2) is 33.5 Å². The Morgan fingerprint density at radius 3 is 2.93 bits per heavy atom. The molecule has 5 heteroatoms. The van der Waals surface area contributed by atoms with E-state index in [9.17, 15) is 4.79 Å². The third-order valence-electron chi connectivity index (χ3n) is 2.05. The predicted octanol–water partition coefficient (Wildman–Crippen LogP) is 2.49. The molecule has 0 atom stereocenters. The second-order valence-corrected chi connectivity index (χ2v) is 3.75. The average Bonchev–Trinajstić information content (AvgIpc) is 2.84. The van der Waals surface area contributed by atoms with Gasteiger partial charge in [-0.3, -0.25) is 9.48 Å². The van der Waals surface area contributed by atoms with Crippen molar-refractivity contribution in [3.8, 4) is 0 Å². The van der Waals surface area contributed by atoms with Crippen molar-refractivity contribution in [3.63, 3.8) is 0 Å². The lowest BCUT2D eigenvalue weighted by atomic mass is 10.2. The van der Waals surface area contributed by atoms with Gasteiger partial charge in [0.1, 0.15) is 5.69 Å². The zero-order valence-corrected chi connectivity index (χ0v) is 9.69. The first kappa shape index (κ1) is 10.2. The third kappa shape index (κ3) is 1.87. The highest BCUT2D eigenvalue weighted by molar-refractivity contribution is 9.10. The fraction of sp³-hybridized carbons (Fsp3) is 0.200. The van der Waals surface area contributed by atoms with Gasteiger partial charge >= 0.3 is 0 Å². The first-order valence-corrected chi connectivity index (χ1v) is 5.33. The van der Waals surface area contributed by atoms with Gasteiger partial charge in [-0.05, 0) is 41.1 Å². The van der Waals surface area contributed by atoms with Gasteiger partial charge in [0, 0.05) is 12.7 Å². The van der Waals surface area contributed by atoms with Crippen molar-refractivity contribution in [3.05, 3.63) is 40.5 Å².